The fourth-order valence-corrected chi connectivity index (χ4v) is 2.28. The molecular weight excluding hydrogens is 258 g/mol. The molecule has 6 nitrogen and oxygen atoms in total. The number of hydrogen-bond donors (Lipinski definition) is 1. The highest BCUT2D eigenvalue weighted by molar-refractivity contribution is 5.95. The highest BCUT2D eigenvalue weighted by atomic mass is 16.5. The van der Waals surface area contributed by atoms with E-state index in [4.69, 9.17) is 4.74 Å². The number of carbonyl (C=O) groups is 2. The number of ether oxygens (including phenoxy) is 1. The lowest BCUT2D eigenvalue weighted by atomic mass is 10.2. The van der Waals surface area contributed by atoms with Crippen molar-refractivity contribution in [2.24, 2.45) is 7.05 Å². The summed E-state index contributed by atoms with van der Waals surface area (Å²) in [6.45, 7) is 5.54. The van der Waals surface area contributed by atoms with E-state index in [0.29, 0.717) is 31.8 Å². The monoisotopic (exact) mass is 279 g/mol. The van der Waals surface area contributed by atoms with Gasteiger partial charge in [-0.1, -0.05) is 0 Å². The number of carbonyl (C=O) groups excluding carboxylic acids is 2. The summed E-state index contributed by atoms with van der Waals surface area (Å²) in [6.07, 6.45) is 1.72. The molecule has 2 amide bonds. The van der Waals surface area contributed by atoms with E-state index in [9.17, 15) is 9.59 Å². The maximum atomic E-state index is 12.1. The predicted octanol–water partition coefficient (Wildman–Crippen LogP) is 0.311. The molecule has 2 heterocycles. The molecule has 0 saturated carbocycles. The van der Waals surface area contributed by atoms with E-state index in [1.54, 1.807) is 17.9 Å². The van der Waals surface area contributed by atoms with E-state index in [2.05, 4.69) is 5.32 Å². The van der Waals surface area contributed by atoms with E-state index < -0.39 is 0 Å². The summed E-state index contributed by atoms with van der Waals surface area (Å²) in [5, 5.41) is 2.87. The van der Waals surface area contributed by atoms with Gasteiger partial charge in [-0.25, -0.2) is 0 Å². The molecule has 0 aliphatic carbocycles. The summed E-state index contributed by atoms with van der Waals surface area (Å²) < 4.78 is 7.47. The fraction of sp³-hybridized carbons (Fsp3) is 0.571. The Balaban J connectivity index is 1.87. The molecule has 0 spiro atoms. The zero-order chi connectivity index (χ0) is 14.7. The molecule has 1 N–H and O–H groups in total. The van der Waals surface area contributed by atoms with Gasteiger partial charge in [-0.15, -0.1) is 0 Å². The number of nitrogens with zero attached hydrogens (tertiary/aromatic N) is 2. The summed E-state index contributed by atoms with van der Waals surface area (Å²) >= 11 is 0. The predicted molar refractivity (Wildman–Crippen MR) is 74.5 cm³/mol. The molecule has 0 radical (unpaired) electrons. The quantitative estimate of drug-likeness (QED) is 0.866. The second kappa shape index (κ2) is 6.09. The molecule has 1 aliphatic rings. The van der Waals surface area contributed by atoms with Crippen molar-refractivity contribution in [3.63, 3.8) is 0 Å². The maximum absolute atomic E-state index is 12.1. The third kappa shape index (κ3) is 3.19. The zero-order valence-electron chi connectivity index (χ0n) is 12.2. The van der Waals surface area contributed by atoms with Gasteiger partial charge >= 0.3 is 0 Å². The molecule has 1 aromatic heterocycles. The van der Waals surface area contributed by atoms with Crippen molar-refractivity contribution in [3.05, 3.63) is 23.5 Å². The zero-order valence-corrected chi connectivity index (χ0v) is 12.2. The summed E-state index contributed by atoms with van der Waals surface area (Å²) in [6, 6.07) is 1.80. The molecule has 1 saturated heterocycles. The molecule has 1 aliphatic heterocycles. The number of rotatable bonds is 3. The number of amides is 2. The molecule has 1 fully saturated rings. The van der Waals surface area contributed by atoms with Gasteiger partial charge < -0.3 is 19.5 Å². The Morgan fingerprint density at radius 3 is 2.85 bits per heavy atom. The molecule has 1 aromatic rings. The lowest BCUT2D eigenvalue weighted by Gasteiger charge is -2.32. The van der Waals surface area contributed by atoms with Crippen LogP contribution in [0.3, 0.4) is 0 Å². The first-order chi connectivity index (χ1) is 9.49. The van der Waals surface area contributed by atoms with Crippen molar-refractivity contribution >= 4 is 11.8 Å². The van der Waals surface area contributed by atoms with Crippen molar-refractivity contribution in [1.29, 1.82) is 0 Å². The van der Waals surface area contributed by atoms with Crippen LogP contribution in [0.15, 0.2) is 12.3 Å². The minimum atomic E-state index is -0.138. The van der Waals surface area contributed by atoms with Gasteiger partial charge in [0.05, 0.1) is 18.3 Å². The number of nitrogens with one attached hydrogen (secondary N) is 1. The first kappa shape index (κ1) is 14.6. The van der Waals surface area contributed by atoms with Crippen molar-refractivity contribution in [3.8, 4) is 0 Å². The number of aryl methyl sites for hydroxylation is 1. The lowest BCUT2D eigenvalue weighted by molar-refractivity contribution is -0.136. The summed E-state index contributed by atoms with van der Waals surface area (Å²) in [5.74, 6) is -0.0600. The smallest absolute Gasteiger partial charge is 0.253 e. The van der Waals surface area contributed by atoms with Crippen molar-refractivity contribution in [2.75, 3.05) is 26.2 Å². The van der Waals surface area contributed by atoms with Crippen LogP contribution >= 0.6 is 0 Å². The Hall–Kier alpha value is -1.82. The second-order valence-corrected chi connectivity index (χ2v) is 5.09. The van der Waals surface area contributed by atoms with Gasteiger partial charge in [0.1, 0.15) is 0 Å². The van der Waals surface area contributed by atoms with Gasteiger partial charge in [-0.05, 0) is 13.0 Å². The number of hydrogen-bond acceptors (Lipinski definition) is 3. The van der Waals surface area contributed by atoms with E-state index >= 15 is 0 Å². The van der Waals surface area contributed by atoms with E-state index in [0.717, 1.165) is 5.69 Å². The first-order valence-corrected chi connectivity index (χ1v) is 6.76. The van der Waals surface area contributed by atoms with E-state index in [1.807, 2.05) is 24.7 Å². The largest absolute Gasteiger partial charge is 0.373 e. The number of aromatic nitrogens is 1. The Kier molecular flexibility index (Phi) is 4.44. The Morgan fingerprint density at radius 1 is 1.50 bits per heavy atom. The molecule has 0 aromatic carbocycles. The summed E-state index contributed by atoms with van der Waals surface area (Å²) in [5.41, 5.74) is 1.60. The van der Waals surface area contributed by atoms with Crippen LogP contribution in [0.25, 0.3) is 0 Å². The van der Waals surface area contributed by atoms with Crippen molar-refractivity contribution < 1.29 is 14.3 Å². The Bertz CT molecular complexity index is 510. The van der Waals surface area contributed by atoms with Crippen molar-refractivity contribution in [1.82, 2.24) is 14.8 Å². The van der Waals surface area contributed by atoms with Crippen molar-refractivity contribution in [2.45, 2.75) is 20.0 Å². The van der Waals surface area contributed by atoms with Crippen LogP contribution in [0.1, 0.15) is 23.0 Å². The van der Waals surface area contributed by atoms with Crippen LogP contribution in [0.5, 0.6) is 0 Å². The molecule has 0 bridgehead atoms. The topological polar surface area (TPSA) is 63.6 Å². The average molecular weight is 279 g/mol. The number of morpholine rings is 1. The van der Waals surface area contributed by atoms with Crippen LogP contribution in [-0.2, 0) is 16.6 Å². The summed E-state index contributed by atoms with van der Waals surface area (Å²) in [7, 11) is 1.90. The maximum Gasteiger partial charge on any atom is 0.253 e. The first-order valence-electron chi connectivity index (χ1n) is 6.76. The molecule has 6 heteroatoms. The van der Waals surface area contributed by atoms with Gasteiger partial charge in [-0.3, -0.25) is 9.59 Å². The third-order valence-electron chi connectivity index (χ3n) is 3.70. The second-order valence-electron chi connectivity index (χ2n) is 5.09. The Morgan fingerprint density at radius 2 is 2.25 bits per heavy atom. The Labute approximate surface area is 118 Å². The molecule has 1 unspecified atom stereocenters. The van der Waals surface area contributed by atoms with E-state index in [1.165, 1.54) is 0 Å². The van der Waals surface area contributed by atoms with Crippen LogP contribution in [0, 0.1) is 6.92 Å². The molecule has 110 valence electrons. The minimum absolute atomic E-state index is 0.0449. The standard InChI is InChI=1S/C14H21N3O3/c1-10-13(4-5-16(10)3)14(19)15-8-12-9-17(11(2)18)6-7-20-12/h4-5,12H,6-9H2,1-3H3,(H,15,19). The van der Waals surface area contributed by atoms with Gasteiger partial charge in [-0.2, -0.15) is 0 Å². The SMILES string of the molecule is CC(=O)N1CCOC(CNC(=O)c2ccn(C)c2C)C1. The van der Waals surface area contributed by atoms with Gasteiger partial charge in [0.2, 0.25) is 5.91 Å². The molecule has 2 rings (SSSR count). The van der Waals surface area contributed by atoms with E-state index in [-0.39, 0.29) is 17.9 Å². The average Bonchev–Trinajstić information content (AvgIpc) is 2.77. The summed E-state index contributed by atoms with van der Waals surface area (Å²) in [4.78, 5) is 25.2. The molecule has 1 atom stereocenters. The third-order valence-corrected chi connectivity index (χ3v) is 3.70. The van der Waals surface area contributed by atoms with Crippen LogP contribution in [0.4, 0.5) is 0 Å². The highest BCUT2D eigenvalue weighted by Gasteiger charge is 2.23. The van der Waals surface area contributed by atoms with Crippen LogP contribution < -0.4 is 5.32 Å². The molecular formula is C14H21N3O3. The highest BCUT2D eigenvalue weighted by Crippen LogP contribution is 2.09. The van der Waals surface area contributed by atoms with Crippen LogP contribution in [-0.4, -0.2) is 53.6 Å². The van der Waals surface area contributed by atoms with Gasteiger partial charge in [0.15, 0.2) is 0 Å². The van der Waals surface area contributed by atoms with Crippen LogP contribution in [0.2, 0.25) is 0 Å². The van der Waals surface area contributed by atoms with Gasteiger partial charge in [0, 0.05) is 45.5 Å². The minimum Gasteiger partial charge on any atom is -0.373 e. The molecule has 20 heavy (non-hydrogen) atoms. The normalized spacial score (nSPS) is 18.9. The van der Waals surface area contributed by atoms with Gasteiger partial charge in [0.25, 0.3) is 5.91 Å². The lowest BCUT2D eigenvalue weighted by Crippen LogP contribution is -2.49. The fourth-order valence-electron chi connectivity index (χ4n) is 2.28.